The van der Waals surface area contributed by atoms with E-state index >= 15 is 0 Å². The summed E-state index contributed by atoms with van der Waals surface area (Å²) in [5, 5.41) is 11.7. The fraction of sp³-hybridized carbons (Fsp3) is 0.200. The SMILES string of the molecule is NC(=O)OCCNc1cccc(C(=O)O)c1N. The van der Waals surface area contributed by atoms with Crippen LogP contribution in [0.5, 0.6) is 0 Å². The van der Waals surface area contributed by atoms with Crippen LogP contribution >= 0.6 is 0 Å². The molecule has 1 rings (SSSR count). The Kier molecular flexibility index (Phi) is 4.15. The third kappa shape index (κ3) is 3.56. The van der Waals surface area contributed by atoms with E-state index in [2.05, 4.69) is 10.1 Å². The van der Waals surface area contributed by atoms with E-state index in [1.165, 1.54) is 6.07 Å². The van der Waals surface area contributed by atoms with Crippen LogP contribution in [0.25, 0.3) is 0 Å². The van der Waals surface area contributed by atoms with Crippen molar-refractivity contribution in [3.05, 3.63) is 23.8 Å². The lowest BCUT2D eigenvalue weighted by Crippen LogP contribution is -2.19. The highest BCUT2D eigenvalue weighted by molar-refractivity contribution is 5.97. The summed E-state index contributed by atoms with van der Waals surface area (Å²) >= 11 is 0. The highest BCUT2D eigenvalue weighted by Crippen LogP contribution is 2.22. The summed E-state index contributed by atoms with van der Waals surface area (Å²) in [7, 11) is 0. The molecule has 1 aromatic rings. The van der Waals surface area contributed by atoms with Gasteiger partial charge in [-0.25, -0.2) is 9.59 Å². The summed E-state index contributed by atoms with van der Waals surface area (Å²) in [6.45, 7) is 0.363. The number of anilines is 2. The zero-order chi connectivity index (χ0) is 12.8. The van der Waals surface area contributed by atoms with E-state index in [1.54, 1.807) is 12.1 Å². The van der Waals surface area contributed by atoms with Crippen LogP contribution in [0.15, 0.2) is 18.2 Å². The van der Waals surface area contributed by atoms with Gasteiger partial charge in [-0.15, -0.1) is 0 Å². The molecule has 0 radical (unpaired) electrons. The van der Waals surface area contributed by atoms with E-state index in [4.69, 9.17) is 16.6 Å². The molecule has 0 saturated carbocycles. The Bertz CT molecular complexity index is 434. The second-order valence-electron chi connectivity index (χ2n) is 3.17. The number of para-hydroxylation sites is 1. The van der Waals surface area contributed by atoms with Crippen molar-refractivity contribution in [2.24, 2.45) is 5.73 Å². The average Bonchev–Trinajstić information content (AvgIpc) is 2.25. The van der Waals surface area contributed by atoms with Gasteiger partial charge in [0, 0.05) is 6.54 Å². The number of primary amides is 1. The van der Waals surface area contributed by atoms with Gasteiger partial charge in [0.2, 0.25) is 0 Å². The lowest BCUT2D eigenvalue weighted by atomic mass is 10.1. The average molecular weight is 239 g/mol. The third-order valence-corrected chi connectivity index (χ3v) is 2.00. The number of hydrogen-bond donors (Lipinski definition) is 4. The Morgan fingerprint density at radius 2 is 2.12 bits per heavy atom. The molecule has 0 unspecified atom stereocenters. The standard InChI is InChI=1S/C10H13N3O4/c11-8-6(9(14)15)2-1-3-7(8)13-4-5-17-10(12)16/h1-3,13H,4-5,11H2,(H2,12,16)(H,14,15). The van der Waals surface area contributed by atoms with Gasteiger partial charge in [0.1, 0.15) is 6.61 Å². The van der Waals surface area contributed by atoms with Crippen LogP contribution < -0.4 is 16.8 Å². The largest absolute Gasteiger partial charge is 0.478 e. The van der Waals surface area contributed by atoms with Crippen molar-refractivity contribution >= 4 is 23.4 Å². The molecule has 0 aliphatic carbocycles. The second kappa shape index (κ2) is 5.59. The molecule has 0 spiro atoms. The summed E-state index contributed by atoms with van der Waals surface area (Å²) in [6, 6.07) is 4.60. The van der Waals surface area contributed by atoms with Gasteiger partial charge >= 0.3 is 12.1 Å². The molecule has 92 valence electrons. The molecule has 0 heterocycles. The molecular formula is C10H13N3O4. The minimum absolute atomic E-state index is 0.0193. The van der Waals surface area contributed by atoms with Crippen molar-refractivity contribution in [1.82, 2.24) is 0 Å². The van der Waals surface area contributed by atoms with Crippen LogP contribution in [0.4, 0.5) is 16.2 Å². The molecular weight excluding hydrogens is 226 g/mol. The van der Waals surface area contributed by atoms with Crippen LogP contribution in [0.3, 0.4) is 0 Å². The molecule has 7 heteroatoms. The summed E-state index contributed by atoms with van der Waals surface area (Å²) in [6.07, 6.45) is -0.862. The molecule has 0 aromatic heterocycles. The van der Waals surface area contributed by atoms with E-state index < -0.39 is 12.1 Å². The van der Waals surface area contributed by atoms with Crippen LogP contribution in [0.1, 0.15) is 10.4 Å². The Labute approximate surface area is 97.4 Å². The summed E-state index contributed by atoms with van der Waals surface area (Å²) < 4.78 is 4.50. The van der Waals surface area contributed by atoms with Gasteiger partial charge in [0.25, 0.3) is 0 Å². The molecule has 7 nitrogen and oxygen atoms in total. The number of amides is 1. The first kappa shape index (κ1) is 12.6. The Morgan fingerprint density at radius 3 is 2.71 bits per heavy atom. The van der Waals surface area contributed by atoms with Gasteiger partial charge in [0.15, 0.2) is 0 Å². The van der Waals surface area contributed by atoms with Crippen molar-refractivity contribution in [3.8, 4) is 0 Å². The molecule has 0 aliphatic rings. The maximum Gasteiger partial charge on any atom is 0.404 e. The molecule has 17 heavy (non-hydrogen) atoms. The van der Waals surface area contributed by atoms with Crippen molar-refractivity contribution in [3.63, 3.8) is 0 Å². The minimum atomic E-state index is -1.10. The number of carbonyl (C=O) groups is 2. The predicted molar refractivity (Wildman–Crippen MR) is 61.8 cm³/mol. The number of ether oxygens (including phenoxy) is 1. The number of nitrogen functional groups attached to an aromatic ring is 1. The molecule has 0 atom stereocenters. The minimum Gasteiger partial charge on any atom is -0.478 e. The van der Waals surface area contributed by atoms with Gasteiger partial charge < -0.3 is 26.6 Å². The van der Waals surface area contributed by atoms with Gasteiger partial charge in [-0.2, -0.15) is 0 Å². The van der Waals surface area contributed by atoms with Crippen LogP contribution in [-0.2, 0) is 4.74 Å². The van der Waals surface area contributed by atoms with E-state index in [-0.39, 0.29) is 24.4 Å². The highest BCUT2D eigenvalue weighted by atomic mass is 16.5. The maximum absolute atomic E-state index is 10.8. The predicted octanol–water partition coefficient (Wildman–Crippen LogP) is 0.474. The number of nitrogens with one attached hydrogen (secondary N) is 1. The molecule has 1 aromatic carbocycles. The van der Waals surface area contributed by atoms with Crippen LogP contribution in [0, 0.1) is 0 Å². The van der Waals surface area contributed by atoms with Crippen molar-refractivity contribution in [2.75, 3.05) is 24.2 Å². The number of aromatic carboxylic acids is 1. The number of hydrogen-bond acceptors (Lipinski definition) is 5. The van der Waals surface area contributed by atoms with E-state index in [9.17, 15) is 9.59 Å². The van der Waals surface area contributed by atoms with Gasteiger partial charge in [-0.05, 0) is 12.1 Å². The zero-order valence-electron chi connectivity index (χ0n) is 8.97. The van der Waals surface area contributed by atoms with Crippen molar-refractivity contribution < 1.29 is 19.4 Å². The Balaban J connectivity index is 2.62. The van der Waals surface area contributed by atoms with Crippen LogP contribution in [0.2, 0.25) is 0 Å². The topological polar surface area (TPSA) is 128 Å². The lowest BCUT2D eigenvalue weighted by molar-refractivity contribution is 0.0698. The highest BCUT2D eigenvalue weighted by Gasteiger charge is 2.10. The fourth-order valence-corrected chi connectivity index (χ4v) is 1.24. The second-order valence-corrected chi connectivity index (χ2v) is 3.17. The third-order valence-electron chi connectivity index (χ3n) is 2.00. The first-order valence-electron chi connectivity index (χ1n) is 4.80. The molecule has 0 aliphatic heterocycles. The number of rotatable bonds is 5. The fourth-order valence-electron chi connectivity index (χ4n) is 1.24. The lowest BCUT2D eigenvalue weighted by Gasteiger charge is -2.10. The number of carboxylic acid groups (broad SMARTS) is 1. The maximum atomic E-state index is 10.8. The van der Waals surface area contributed by atoms with Gasteiger partial charge in [-0.3, -0.25) is 0 Å². The molecule has 0 saturated heterocycles. The van der Waals surface area contributed by atoms with Crippen molar-refractivity contribution in [2.45, 2.75) is 0 Å². The van der Waals surface area contributed by atoms with E-state index in [1.807, 2.05) is 0 Å². The Hall–Kier alpha value is -2.44. The summed E-state index contributed by atoms with van der Waals surface area (Å²) in [5.74, 6) is -1.10. The quantitative estimate of drug-likeness (QED) is 0.437. The smallest absolute Gasteiger partial charge is 0.404 e. The molecule has 0 bridgehead atoms. The van der Waals surface area contributed by atoms with Crippen molar-refractivity contribution in [1.29, 1.82) is 0 Å². The summed E-state index contributed by atoms with van der Waals surface area (Å²) in [5.41, 5.74) is 11.1. The van der Waals surface area contributed by atoms with Crippen LogP contribution in [-0.4, -0.2) is 30.3 Å². The Morgan fingerprint density at radius 1 is 1.41 bits per heavy atom. The monoisotopic (exact) mass is 239 g/mol. The normalized spacial score (nSPS) is 9.65. The number of benzene rings is 1. The summed E-state index contributed by atoms with van der Waals surface area (Å²) in [4.78, 5) is 21.1. The van der Waals surface area contributed by atoms with Gasteiger partial charge in [0.05, 0.1) is 16.9 Å². The first-order valence-corrected chi connectivity index (χ1v) is 4.80. The number of carboxylic acids is 1. The number of nitrogens with two attached hydrogens (primary N) is 2. The molecule has 6 N–H and O–H groups in total. The number of carbonyl (C=O) groups excluding carboxylic acids is 1. The molecule has 1 amide bonds. The van der Waals surface area contributed by atoms with E-state index in [0.717, 1.165) is 0 Å². The molecule has 0 fully saturated rings. The van der Waals surface area contributed by atoms with E-state index in [0.29, 0.717) is 5.69 Å². The first-order chi connectivity index (χ1) is 8.02. The van der Waals surface area contributed by atoms with Gasteiger partial charge in [-0.1, -0.05) is 6.07 Å². The zero-order valence-corrected chi connectivity index (χ0v) is 8.97.